The normalized spacial score (nSPS) is 16.6. The number of halogens is 2. The van der Waals surface area contributed by atoms with E-state index in [9.17, 15) is 0 Å². The molecule has 0 aromatic heterocycles. The SMILES string of the molecule is CCSC(C)C1=[C]([Ti+2])CC=C1.[Cl-].[Cl-]. The Morgan fingerprint density at radius 2 is 2.15 bits per heavy atom. The Morgan fingerprint density at radius 1 is 1.54 bits per heavy atom. The summed E-state index contributed by atoms with van der Waals surface area (Å²) in [6, 6.07) is 0. The van der Waals surface area contributed by atoms with Gasteiger partial charge in [-0.3, -0.25) is 0 Å². The molecule has 0 aliphatic heterocycles. The van der Waals surface area contributed by atoms with E-state index in [1.807, 2.05) is 11.8 Å². The molecule has 1 aliphatic carbocycles. The molecule has 0 aromatic rings. The van der Waals surface area contributed by atoms with Crippen molar-refractivity contribution in [3.05, 3.63) is 21.6 Å². The van der Waals surface area contributed by atoms with Crippen molar-refractivity contribution in [2.45, 2.75) is 25.5 Å². The Morgan fingerprint density at radius 3 is 2.54 bits per heavy atom. The fraction of sp³-hybridized carbons (Fsp3) is 0.556. The summed E-state index contributed by atoms with van der Waals surface area (Å²) in [7, 11) is 0. The number of hydrogen-bond donors (Lipinski definition) is 0. The Hall–Kier alpha value is 1.12. The van der Waals surface area contributed by atoms with Crippen molar-refractivity contribution >= 4 is 11.8 Å². The first kappa shape index (κ1) is 16.6. The maximum absolute atomic E-state index is 2.29. The Kier molecular flexibility index (Phi) is 10.7. The van der Waals surface area contributed by atoms with Gasteiger partial charge in [0.15, 0.2) is 0 Å². The third-order valence-electron chi connectivity index (χ3n) is 1.82. The van der Waals surface area contributed by atoms with Crippen LogP contribution in [-0.4, -0.2) is 11.0 Å². The molecule has 0 saturated carbocycles. The molecular formula is C9H13Cl2STi. The van der Waals surface area contributed by atoms with Crippen LogP contribution in [0.15, 0.2) is 21.6 Å². The van der Waals surface area contributed by atoms with Crippen LogP contribution in [0.25, 0.3) is 0 Å². The maximum Gasteiger partial charge on any atom is -1.00 e. The molecular weight excluding hydrogens is 259 g/mol. The molecule has 4 heteroatoms. The molecule has 0 N–H and O–H groups in total. The molecule has 0 saturated heterocycles. The van der Waals surface area contributed by atoms with Gasteiger partial charge in [0.25, 0.3) is 0 Å². The van der Waals surface area contributed by atoms with Gasteiger partial charge in [0.05, 0.1) is 0 Å². The fourth-order valence-electron chi connectivity index (χ4n) is 1.24. The van der Waals surface area contributed by atoms with E-state index in [2.05, 4.69) is 46.4 Å². The minimum absolute atomic E-state index is 0. The topological polar surface area (TPSA) is 0 Å². The van der Waals surface area contributed by atoms with Crippen LogP contribution in [0.3, 0.4) is 0 Å². The molecule has 0 radical (unpaired) electrons. The second kappa shape index (κ2) is 8.43. The van der Waals surface area contributed by atoms with Crippen molar-refractivity contribution in [1.29, 1.82) is 0 Å². The molecule has 0 aromatic carbocycles. The molecule has 0 spiro atoms. The van der Waals surface area contributed by atoms with Gasteiger partial charge in [-0.25, -0.2) is 0 Å². The minimum Gasteiger partial charge on any atom is -1.00 e. The first-order chi connectivity index (χ1) is 5.25. The van der Waals surface area contributed by atoms with E-state index in [-0.39, 0.29) is 24.8 Å². The summed E-state index contributed by atoms with van der Waals surface area (Å²) in [6.45, 7) is 4.51. The Balaban J connectivity index is 0. The standard InChI is InChI=1S/C9H13S.2ClH.Ti/c1-3-10-8(2)9-6-4-5-7-9;;;/h4,6,8H,3,5H2,1-2H3;2*1H;/q;;;+2/p-2. The molecule has 0 fully saturated rings. The molecule has 73 valence electrons. The Bertz CT molecular complexity index is 202. The zero-order valence-electron chi connectivity index (χ0n) is 7.81. The monoisotopic (exact) mass is 271 g/mol. The average molecular weight is 272 g/mol. The largest absolute Gasteiger partial charge is 1.00 e. The number of thioether (sulfide) groups is 1. The maximum atomic E-state index is 2.29. The van der Waals surface area contributed by atoms with Crippen LogP contribution in [0.2, 0.25) is 0 Å². The fourth-order valence-corrected chi connectivity index (χ4v) is 2.96. The molecule has 13 heavy (non-hydrogen) atoms. The van der Waals surface area contributed by atoms with Gasteiger partial charge in [-0.05, 0) is 0 Å². The summed E-state index contributed by atoms with van der Waals surface area (Å²) in [5, 5.41) is 0.693. The van der Waals surface area contributed by atoms with Gasteiger partial charge in [-0.2, -0.15) is 0 Å². The van der Waals surface area contributed by atoms with Crippen LogP contribution >= 0.6 is 11.8 Å². The van der Waals surface area contributed by atoms with Gasteiger partial charge in [-0.1, -0.05) is 0 Å². The Labute approximate surface area is 109 Å². The van der Waals surface area contributed by atoms with E-state index in [1.165, 1.54) is 12.2 Å². The van der Waals surface area contributed by atoms with Crippen molar-refractivity contribution in [3.8, 4) is 0 Å². The number of hydrogen-bond acceptors (Lipinski definition) is 1. The molecule has 0 bridgehead atoms. The molecule has 1 unspecified atom stereocenters. The van der Waals surface area contributed by atoms with Crippen molar-refractivity contribution in [3.63, 3.8) is 0 Å². The molecule has 0 amide bonds. The zero-order valence-corrected chi connectivity index (χ0v) is 11.7. The van der Waals surface area contributed by atoms with Gasteiger partial charge in [0.2, 0.25) is 0 Å². The van der Waals surface area contributed by atoms with Crippen LogP contribution in [-0.2, 0) is 20.4 Å². The molecule has 1 rings (SSSR count). The van der Waals surface area contributed by atoms with Crippen LogP contribution in [0.1, 0.15) is 20.3 Å². The van der Waals surface area contributed by atoms with E-state index in [4.69, 9.17) is 0 Å². The summed E-state index contributed by atoms with van der Waals surface area (Å²) >= 11 is 4.26. The summed E-state index contributed by atoms with van der Waals surface area (Å²) in [4.78, 5) is 0. The van der Waals surface area contributed by atoms with Gasteiger partial charge >= 0.3 is 85.1 Å². The van der Waals surface area contributed by atoms with E-state index >= 15 is 0 Å². The zero-order chi connectivity index (χ0) is 8.27. The van der Waals surface area contributed by atoms with Gasteiger partial charge in [0, 0.05) is 0 Å². The second-order valence-electron chi connectivity index (χ2n) is 2.64. The molecule has 1 aliphatic rings. The van der Waals surface area contributed by atoms with Crippen LogP contribution in [0.4, 0.5) is 0 Å². The molecule has 1 atom stereocenters. The van der Waals surface area contributed by atoms with Crippen LogP contribution < -0.4 is 24.8 Å². The van der Waals surface area contributed by atoms with Crippen molar-refractivity contribution in [1.82, 2.24) is 0 Å². The third kappa shape index (κ3) is 4.94. The average Bonchev–Trinajstić information content (AvgIpc) is 2.36. The van der Waals surface area contributed by atoms with E-state index < -0.39 is 0 Å². The van der Waals surface area contributed by atoms with E-state index in [1.54, 1.807) is 9.45 Å². The number of rotatable bonds is 3. The summed E-state index contributed by atoms with van der Waals surface area (Å²) in [5.41, 5.74) is 1.55. The molecule has 0 heterocycles. The predicted molar refractivity (Wildman–Crippen MR) is 48.4 cm³/mol. The number of allylic oxidation sites excluding steroid dienone is 3. The first-order valence-electron chi connectivity index (χ1n) is 3.98. The first-order valence-corrected chi connectivity index (χ1v) is 5.81. The van der Waals surface area contributed by atoms with E-state index in [0.29, 0.717) is 5.25 Å². The summed E-state index contributed by atoms with van der Waals surface area (Å²) in [6.07, 6.45) is 5.71. The van der Waals surface area contributed by atoms with E-state index in [0.717, 1.165) is 0 Å². The molecule has 0 nitrogen and oxygen atoms in total. The quantitative estimate of drug-likeness (QED) is 0.490. The predicted octanol–water partition coefficient (Wildman–Crippen LogP) is -3.10. The third-order valence-corrected chi connectivity index (χ3v) is 3.68. The summed E-state index contributed by atoms with van der Waals surface area (Å²) in [5.74, 6) is 1.21. The van der Waals surface area contributed by atoms with Crippen molar-refractivity contribution in [2.75, 3.05) is 5.75 Å². The summed E-state index contributed by atoms with van der Waals surface area (Å²) < 4.78 is 1.55. The van der Waals surface area contributed by atoms with Gasteiger partial charge in [-0.15, -0.1) is 0 Å². The second-order valence-corrected chi connectivity index (χ2v) is 5.20. The van der Waals surface area contributed by atoms with Gasteiger partial charge in [0.1, 0.15) is 0 Å². The minimum atomic E-state index is 0. The van der Waals surface area contributed by atoms with Crippen LogP contribution in [0.5, 0.6) is 0 Å². The van der Waals surface area contributed by atoms with Crippen LogP contribution in [0, 0.1) is 0 Å². The van der Waals surface area contributed by atoms with Crippen molar-refractivity contribution < 1.29 is 45.2 Å². The van der Waals surface area contributed by atoms with Gasteiger partial charge < -0.3 is 24.8 Å². The van der Waals surface area contributed by atoms with Crippen molar-refractivity contribution in [2.24, 2.45) is 0 Å². The smallest absolute Gasteiger partial charge is 1.00 e.